The van der Waals surface area contributed by atoms with Crippen molar-refractivity contribution in [2.24, 2.45) is 11.1 Å². The van der Waals surface area contributed by atoms with Crippen molar-refractivity contribution < 1.29 is 17.9 Å². The summed E-state index contributed by atoms with van der Waals surface area (Å²) < 4.78 is 41.7. The number of nitrogens with zero attached hydrogens (tertiary/aromatic N) is 1. The first-order chi connectivity index (χ1) is 9.81. The molecule has 6 heteroatoms. The highest BCUT2D eigenvalue weighted by Gasteiger charge is 2.33. The third-order valence-electron chi connectivity index (χ3n) is 3.89. The van der Waals surface area contributed by atoms with E-state index in [1.165, 1.54) is 0 Å². The van der Waals surface area contributed by atoms with Crippen molar-refractivity contribution in [2.45, 2.75) is 26.1 Å². The van der Waals surface area contributed by atoms with E-state index in [1.54, 1.807) is 12.1 Å². The molecule has 0 saturated carbocycles. The van der Waals surface area contributed by atoms with Crippen LogP contribution >= 0.6 is 0 Å². The number of rotatable bonds is 5. The molecule has 2 N–H and O–H groups in total. The van der Waals surface area contributed by atoms with Crippen LogP contribution in [0.25, 0.3) is 0 Å². The predicted molar refractivity (Wildman–Crippen MR) is 75.0 cm³/mol. The first kappa shape index (κ1) is 16.1. The van der Waals surface area contributed by atoms with Gasteiger partial charge in [0.1, 0.15) is 5.75 Å². The van der Waals surface area contributed by atoms with Gasteiger partial charge < -0.3 is 10.5 Å². The number of hydrogen-bond acceptors (Lipinski definition) is 3. The first-order valence-corrected chi connectivity index (χ1v) is 7.01. The van der Waals surface area contributed by atoms with Gasteiger partial charge in [0.25, 0.3) is 0 Å². The van der Waals surface area contributed by atoms with Gasteiger partial charge >= 0.3 is 6.18 Å². The van der Waals surface area contributed by atoms with Gasteiger partial charge in [-0.25, -0.2) is 0 Å². The Morgan fingerprint density at radius 3 is 2.67 bits per heavy atom. The summed E-state index contributed by atoms with van der Waals surface area (Å²) >= 11 is 0. The van der Waals surface area contributed by atoms with Crippen LogP contribution in [-0.2, 0) is 6.54 Å². The smallest absolute Gasteiger partial charge is 0.422 e. The van der Waals surface area contributed by atoms with Gasteiger partial charge in [-0.3, -0.25) is 4.90 Å². The van der Waals surface area contributed by atoms with Crippen LogP contribution < -0.4 is 10.5 Å². The summed E-state index contributed by atoms with van der Waals surface area (Å²) in [6, 6.07) is 6.89. The molecule has 0 aromatic heterocycles. The van der Waals surface area contributed by atoms with Gasteiger partial charge in [0.15, 0.2) is 6.61 Å². The van der Waals surface area contributed by atoms with E-state index in [1.807, 2.05) is 12.1 Å². The number of nitrogens with two attached hydrogens (primary N) is 1. The normalized spacial score (nSPS) is 23.5. The molecule has 0 aliphatic carbocycles. The van der Waals surface area contributed by atoms with Gasteiger partial charge in [0, 0.05) is 18.7 Å². The van der Waals surface area contributed by atoms with Gasteiger partial charge in [0.05, 0.1) is 0 Å². The predicted octanol–water partition coefficient (Wildman–Crippen LogP) is 2.80. The van der Waals surface area contributed by atoms with Crippen LogP contribution in [0.3, 0.4) is 0 Å². The molecule has 118 valence electrons. The highest BCUT2D eigenvalue weighted by molar-refractivity contribution is 5.33. The van der Waals surface area contributed by atoms with E-state index in [0.29, 0.717) is 18.8 Å². The molecule has 0 amide bonds. The van der Waals surface area contributed by atoms with Crippen LogP contribution in [0.1, 0.15) is 18.9 Å². The van der Waals surface area contributed by atoms with Gasteiger partial charge in [-0.15, -0.1) is 0 Å². The fourth-order valence-electron chi connectivity index (χ4n) is 2.60. The Kier molecular flexibility index (Phi) is 4.78. The largest absolute Gasteiger partial charge is 0.484 e. The van der Waals surface area contributed by atoms with Crippen molar-refractivity contribution in [1.82, 2.24) is 4.90 Å². The van der Waals surface area contributed by atoms with E-state index in [-0.39, 0.29) is 5.41 Å². The fraction of sp³-hybridized carbons (Fsp3) is 0.600. The molecule has 1 aliphatic rings. The molecule has 1 atom stereocenters. The second-order valence-electron chi connectivity index (χ2n) is 5.99. The molecule has 2 rings (SSSR count). The minimum atomic E-state index is -4.32. The van der Waals surface area contributed by atoms with E-state index in [9.17, 15) is 13.2 Å². The summed E-state index contributed by atoms with van der Waals surface area (Å²) in [5.41, 5.74) is 6.65. The molecule has 1 aromatic carbocycles. The van der Waals surface area contributed by atoms with E-state index < -0.39 is 12.8 Å². The zero-order valence-electron chi connectivity index (χ0n) is 12.1. The summed E-state index contributed by atoms with van der Waals surface area (Å²) in [5.74, 6) is 0.302. The summed E-state index contributed by atoms with van der Waals surface area (Å²) in [4.78, 5) is 2.21. The van der Waals surface area contributed by atoms with Crippen molar-refractivity contribution >= 4 is 0 Å². The van der Waals surface area contributed by atoms with Crippen molar-refractivity contribution in [3.8, 4) is 5.75 Å². The van der Waals surface area contributed by atoms with E-state index in [2.05, 4.69) is 11.8 Å². The number of benzene rings is 1. The van der Waals surface area contributed by atoms with Crippen LogP contribution in [-0.4, -0.2) is 37.3 Å². The third kappa shape index (κ3) is 4.61. The van der Waals surface area contributed by atoms with Crippen molar-refractivity contribution in [1.29, 1.82) is 0 Å². The summed E-state index contributed by atoms with van der Waals surface area (Å²) in [6.07, 6.45) is -3.31. The van der Waals surface area contributed by atoms with Gasteiger partial charge in [-0.05, 0) is 31.0 Å². The molecule has 3 nitrogen and oxygen atoms in total. The molecule has 21 heavy (non-hydrogen) atoms. The first-order valence-electron chi connectivity index (χ1n) is 7.01. The third-order valence-corrected chi connectivity index (χ3v) is 3.89. The molecule has 0 radical (unpaired) electrons. The number of hydrogen-bond donors (Lipinski definition) is 1. The number of ether oxygens (including phenoxy) is 1. The Labute approximate surface area is 122 Å². The molecule has 0 bridgehead atoms. The van der Waals surface area contributed by atoms with Crippen molar-refractivity contribution in [2.75, 3.05) is 26.2 Å². The molecular formula is C15H21F3N2O. The van der Waals surface area contributed by atoms with Gasteiger partial charge in [0.2, 0.25) is 0 Å². The molecule has 1 heterocycles. The number of alkyl halides is 3. The minimum Gasteiger partial charge on any atom is -0.484 e. The minimum absolute atomic E-state index is 0.0990. The Balaban J connectivity index is 2.00. The Hall–Kier alpha value is -1.27. The maximum atomic E-state index is 12.3. The van der Waals surface area contributed by atoms with Crippen molar-refractivity contribution in [3.05, 3.63) is 29.8 Å². The number of para-hydroxylation sites is 1. The second kappa shape index (κ2) is 6.23. The average Bonchev–Trinajstić information content (AvgIpc) is 2.79. The van der Waals surface area contributed by atoms with Gasteiger partial charge in [-0.1, -0.05) is 25.1 Å². The van der Waals surface area contributed by atoms with Crippen LogP contribution in [0.4, 0.5) is 13.2 Å². The zero-order valence-corrected chi connectivity index (χ0v) is 12.1. The van der Waals surface area contributed by atoms with Crippen molar-refractivity contribution in [3.63, 3.8) is 0 Å². The highest BCUT2D eigenvalue weighted by atomic mass is 19.4. The molecule has 0 spiro atoms. The molecule has 1 saturated heterocycles. The molecule has 1 aliphatic heterocycles. The highest BCUT2D eigenvalue weighted by Crippen LogP contribution is 2.31. The maximum Gasteiger partial charge on any atom is 0.422 e. The monoisotopic (exact) mass is 302 g/mol. The topological polar surface area (TPSA) is 38.5 Å². The Bertz CT molecular complexity index is 478. The lowest BCUT2D eigenvalue weighted by Crippen LogP contribution is -2.31. The van der Waals surface area contributed by atoms with Crippen LogP contribution in [0, 0.1) is 5.41 Å². The maximum absolute atomic E-state index is 12.3. The molecule has 1 fully saturated rings. The lowest BCUT2D eigenvalue weighted by atomic mass is 9.90. The lowest BCUT2D eigenvalue weighted by Gasteiger charge is -2.23. The van der Waals surface area contributed by atoms with Crippen LogP contribution in [0.15, 0.2) is 24.3 Å². The summed E-state index contributed by atoms with van der Waals surface area (Å²) in [5, 5.41) is 0. The quantitative estimate of drug-likeness (QED) is 0.909. The molecular weight excluding hydrogens is 281 g/mol. The zero-order chi connectivity index (χ0) is 15.5. The number of likely N-dealkylation sites (tertiary alicyclic amines) is 1. The summed E-state index contributed by atoms with van der Waals surface area (Å²) in [7, 11) is 0. The molecule has 1 unspecified atom stereocenters. The van der Waals surface area contributed by atoms with E-state index in [4.69, 9.17) is 10.5 Å². The van der Waals surface area contributed by atoms with E-state index >= 15 is 0 Å². The summed E-state index contributed by atoms with van der Waals surface area (Å²) in [6.45, 7) is 3.85. The standard InChI is InChI=1S/C15H21F3N2O/c1-14(9-19)6-7-20(10-14)8-12-4-2-3-5-13(12)21-11-15(16,17)18/h2-5H,6-11,19H2,1H3. The van der Waals surface area contributed by atoms with Crippen LogP contribution in [0.2, 0.25) is 0 Å². The average molecular weight is 302 g/mol. The van der Waals surface area contributed by atoms with E-state index in [0.717, 1.165) is 25.1 Å². The Morgan fingerprint density at radius 2 is 2.05 bits per heavy atom. The lowest BCUT2D eigenvalue weighted by molar-refractivity contribution is -0.153. The fourth-order valence-corrected chi connectivity index (χ4v) is 2.60. The second-order valence-corrected chi connectivity index (χ2v) is 5.99. The Morgan fingerprint density at radius 1 is 1.33 bits per heavy atom. The SMILES string of the molecule is CC1(CN)CCN(Cc2ccccc2OCC(F)(F)F)C1. The van der Waals surface area contributed by atoms with Gasteiger partial charge in [-0.2, -0.15) is 13.2 Å². The van der Waals surface area contributed by atoms with Crippen LogP contribution in [0.5, 0.6) is 5.75 Å². The number of halogens is 3. The molecule has 1 aromatic rings.